The molecule has 1 aliphatic carbocycles. The number of aliphatic imine (C=N–C) groups is 1. The van der Waals surface area contributed by atoms with Crippen molar-refractivity contribution < 1.29 is 32.2 Å². The molecule has 0 unspecified atom stereocenters. The molecule has 2 saturated heterocycles. The van der Waals surface area contributed by atoms with Crippen molar-refractivity contribution in [1.29, 1.82) is 0 Å². The topological polar surface area (TPSA) is 63.6 Å². The first kappa shape index (κ1) is 21.5. The number of amides is 2. The maximum atomic E-state index is 14.4. The molecule has 2 heterocycles. The summed E-state index contributed by atoms with van der Waals surface area (Å²) in [4.78, 5) is 19.6. The summed E-state index contributed by atoms with van der Waals surface area (Å²) in [6, 6.07) is 1.73. The monoisotopic (exact) mass is 439 g/mol. The summed E-state index contributed by atoms with van der Waals surface area (Å²) in [6.45, 7) is 5.92. The highest BCUT2D eigenvalue weighted by Crippen LogP contribution is 2.44. The average Bonchev–Trinajstić information content (AvgIpc) is 3.17. The zero-order chi connectivity index (χ0) is 22.2. The largest absolute Gasteiger partial charge is 0.481 e. The highest BCUT2D eigenvalue weighted by atomic mass is 19.1. The van der Waals surface area contributed by atoms with Crippen LogP contribution < -0.4 is 4.74 Å². The summed E-state index contributed by atoms with van der Waals surface area (Å²) in [5.74, 6) is -1.70. The molecule has 10 heteroatoms. The molecule has 0 spiro atoms. The second-order valence-electron chi connectivity index (χ2n) is 7.97. The molecule has 1 aromatic rings. The molecule has 0 bridgehead atoms. The number of fused-ring (bicyclic) bond motifs is 1. The molecular weight excluding hydrogens is 415 g/mol. The third-order valence-corrected chi connectivity index (χ3v) is 5.68. The van der Waals surface area contributed by atoms with Crippen LogP contribution in [0.3, 0.4) is 0 Å². The van der Waals surface area contributed by atoms with Gasteiger partial charge < -0.3 is 19.1 Å². The van der Waals surface area contributed by atoms with Crippen LogP contribution in [0, 0.1) is 11.6 Å². The van der Waals surface area contributed by atoms with Crippen LogP contribution >= 0.6 is 0 Å². The van der Waals surface area contributed by atoms with Gasteiger partial charge in [-0.25, -0.2) is 13.6 Å². The predicted molar refractivity (Wildman–Crippen MR) is 105 cm³/mol. The Bertz CT molecular complexity index is 896. The Morgan fingerprint density at radius 3 is 2.68 bits per heavy atom. The van der Waals surface area contributed by atoms with Crippen molar-refractivity contribution in [3.63, 3.8) is 0 Å². The summed E-state index contributed by atoms with van der Waals surface area (Å²) in [6.07, 6.45) is 1.24. The lowest BCUT2D eigenvalue weighted by Crippen LogP contribution is -2.28. The van der Waals surface area contributed by atoms with Gasteiger partial charge in [-0.1, -0.05) is 6.58 Å². The maximum Gasteiger partial charge on any atom is 0.352 e. The molecule has 1 aromatic carbocycles. The van der Waals surface area contributed by atoms with E-state index in [1.807, 2.05) is 4.90 Å². The van der Waals surface area contributed by atoms with Crippen molar-refractivity contribution in [2.24, 2.45) is 4.99 Å². The van der Waals surface area contributed by atoms with Gasteiger partial charge in [0.2, 0.25) is 0 Å². The summed E-state index contributed by atoms with van der Waals surface area (Å²) in [7, 11) is 0. The number of urea groups is 1. The van der Waals surface area contributed by atoms with Crippen LogP contribution in [0.1, 0.15) is 31.7 Å². The fraction of sp³-hybridized carbons (Fsp3) is 0.524. The minimum absolute atomic E-state index is 0.0575. The van der Waals surface area contributed by atoms with Crippen molar-refractivity contribution in [3.05, 3.63) is 41.7 Å². The van der Waals surface area contributed by atoms with Gasteiger partial charge in [-0.3, -0.25) is 9.29 Å². The third-order valence-electron chi connectivity index (χ3n) is 5.68. The van der Waals surface area contributed by atoms with Gasteiger partial charge in [0.05, 0.1) is 25.9 Å². The van der Waals surface area contributed by atoms with Crippen LogP contribution in [0.5, 0.6) is 5.75 Å². The molecule has 3 fully saturated rings. The Morgan fingerprint density at radius 2 is 2.06 bits per heavy atom. The SMILES string of the molecule is C=C1N(C(=O)N=C(C)OCc2cc(F)c(OC3(CCF)CC3)c(F)c2)C[C@H]2COCN12. The quantitative estimate of drug-likeness (QED) is 0.499. The van der Waals surface area contributed by atoms with E-state index < -0.39 is 35.7 Å². The molecule has 0 aromatic heterocycles. The fourth-order valence-electron chi connectivity index (χ4n) is 3.72. The minimum atomic E-state index is -0.884. The van der Waals surface area contributed by atoms with Gasteiger partial charge in [-0.15, -0.1) is 0 Å². The summed E-state index contributed by atoms with van der Waals surface area (Å²) in [5.41, 5.74) is -0.596. The maximum absolute atomic E-state index is 14.4. The van der Waals surface area contributed by atoms with E-state index in [0.717, 1.165) is 12.1 Å². The molecule has 168 valence electrons. The molecule has 3 aliphatic rings. The number of hydrogen-bond donors (Lipinski definition) is 0. The highest BCUT2D eigenvalue weighted by molar-refractivity contribution is 5.90. The van der Waals surface area contributed by atoms with Crippen LogP contribution in [0.15, 0.2) is 29.5 Å². The van der Waals surface area contributed by atoms with Gasteiger partial charge in [0, 0.05) is 13.3 Å². The van der Waals surface area contributed by atoms with Crippen molar-refractivity contribution in [2.75, 3.05) is 26.6 Å². The van der Waals surface area contributed by atoms with Crippen molar-refractivity contribution in [2.45, 2.75) is 44.4 Å². The van der Waals surface area contributed by atoms with Crippen LogP contribution in [0.2, 0.25) is 0 Å². The average molecular weight is 439 g/mol. The van der Waals surface area contributed by atoms with Gasteiger partial charge in [-0.2, -0.15) is 4.99 Å². The van der Waals surface area contributed by atoms with E-state index in [4.69, 9.17) is 14.2 Å². The van der Waals surface area contributed by atoms with Gasteiger partial charge >= 0.3 is 6.03 Å². The van der Waals surface area contributed by atoms with E-state index in [2.05, 4.69) is 11.6 Å². The lowest BCUT2D eigenvalue weighted by molar-refractivity contribution is 0.142. The number of hydrogen-bond acceptors (Lipinski definition) is 5. The van der Waals surface area contributed by atoms with Crippen LogP contribution in [-0.2, 0) is 16.1 Å². The lowest BCUT2D eigenvalue weighted by Gasteiger charge is -2.19. The van der Waals surface area contributed by atoms with Crippen molar-refractivity contribution in [1.82, 2.24) is 9.80 Å². The Balaban J connectivity index is 1.35. The third kappa shape index (κ3) is 4.48. The number of halogens is 3. The Labute approximate surface area is 178 Å². The van der Waals surface area contributed by atoms with Crippen LogP contribution in [-0.4, -0.2) is 59.9 Å². The second kappa shape index (κ2) is 8.41. The van der Waals surface area contributed by atoms with E-state index in [1.54, 1.807) is 0 Å². The van der Waals surface area contributed by atoms with E-state index in [9.17, 15) is 18.0 Å². The van der Waals surface area contributed by atoms with E-state index >= 15 is 0 Å². The van der Waals surface area contributed by atoms with Crippen LogP contribution in [0.4, 0.5) is 18.0 Å². The zero-order valence-electron chi connectivity index (χ0n) is 17.2. The number of carbonyl (C=O) groups excluding carboxylic acids is 1. The minimum Gasteiger partial charge on any atom is -0.481 e. The number of carbonyl (C=O) groups is 1. The second-order valence-corrected chi connectivity index (χ2v) is 7.97. The normalized spacial score (nSPS) is 22.0. The molecular formula is C21H24F3N3O4. The first-order valence-corrected chi connectivity index (χ1v) is 10.1. The molecule has 1 atom stereocenters. The predicted octanol–water partition coefficient (Wildman–Crippen LogP) is 3.74. The molecule has 1 saturated carbocycles. The zero-order valence-corrected chi connectivity index (χ0v) is 17.2. The number of rotatable bonds is 6. The Morgan fingerprint density at radius 1 is 1.35 bits per heavy atom. The molecule has 7 nitrogen and oxygen atoms in total. The number of ether oxygens (including phenoxy) is 3. The number of nitrogens with zero attached hydrogens (tertiary/aromatic N) is 3. The van der Waals surface area contributed by atoms with E-state index in [-0.39, 0.29) is 30.5 Å². The van der Waals surface area contributed by atoms with Gasteiger partial charge in [0.25, 0.3) is 0 Å². The lowest BCUT2D eigenvalue weighted by atomic mass is 10.2. The summed E-state index contributed by atoms with van der Waals surface area (Å²) >= 11 is 0. The number of benzene rings is 1. The fourth-order valence-corrected chi connectivity index (χ4v) is 3.72. The van der Waals surface area contributed by atoms with Crippen LogP contribution in [0.25, 0.3) is 0 Å². The molecule has 2 aliphatic heterocycles. The molecule has 4 rings (SSSR count). The first-order chi connectivity index (χ1) is 14.8. The van der Waals surface area contributed by atoms with Gasteiger partial charge in [-0.05, 0) is 30.5 Å². The van der Waals surface area contributed by atoms with E-state index in [0.29, 0.717) is 38.5 Å². The Hall–Kier alpha value is -2.75. The Kier molecular flexibility index (Phi) is 5.83. The van der Waals surface area contributed by atoms with Gasteiger partial charge in [0.15, 0.2) is 23.3 Å². The number of alkyl halides is 1. The molecule has 2 amide bonds. The summed E-state index contributed by atoms with van der Waals surface area (Å²) in [5, 5.41) is 0. The summed E-state index contributed by atoms with van der Waals surface area (Å²) < 4.78 is 57.5. The van der Waals surface area contributed by atoms with Crippen molar-refractivity contribution in [3.8, 4) is 5.75 Å². The molecule has 31 heavy (non-hydrogen) atoms. The molecule has 0 N–H and O–H groups in total. The van der Waals surface area contributed by atoms with Crippen molar-refractivity contribution >= 4 is 11.9 Å². The standard InChI is InChI=1S/C21H24F3N3O4/c1-13(25-20(28)26-9-16-11-29-12-27(16)14(26)2)30-10-15-7-17(23)19(18(24)8-15)31-21(3-4-21)5-6-22/h7-8,16H,2-6,9-12H2,1H3/t16-/m0/s1. The van der Waals surface area contributed by atoms with Gasteiger partial charge in [0.1, 0.15) is 24.8 Å². The smallest absolute Gasteiger partial charge is 0.352 e. The first-order valence-electron chi connectivity index (χ1n) is 10.1. The molecule has 0 radical (unpaired) electrons. The van der Waals surface area contributed by atoms with E-state index in [1.165, 1.54) is 11.8 Å². The highest BCUT2D eigenvalue weighted by Gasteiger charge is 2.46.